The lowest BCUT2D eigenvalue weighted by atomic mass is 10.1. The fourth-order valence-electron chi connectivity index (χ4n) is 2.23. The maximum atomic E-state index is 5.92. The molecule has 1 aromatic heterocycles. The third-order valence-corrected chi connectivity index (χ3v) is 3.61. The molecule has 108 valence electrons. The van der Waals surface area contributed by atoms with Crippen molar-refractivity contribution in [3.63, 3.8) is 0 Å². The summed E-state index contributed by atoms with van der Waals surface area (Å²) in [5.41, 5.74) is 3.06. The second-order valence-corrected chi connectivity index (χ2v) is 6.08. The molecule has 0 spiro atoms. The predicted octanol–water partition coefficient (Wildman–Crippen LogP) is 5.82. The Bertz CT molecular complexity index is 744. The summed E-state index contributed by atoms with van der Waals surface area (Å²) in [5, 5.41) is 5.27. The van der Waals surface area contributed by atoms with Gasteiger partial charge in [-0.3, -0.25) is 0 Å². The molecule has 0 atom stereocenters. The second kappa shape index (κ2) is 5.82. The van der Waals surface area contributed by atoms with E-state index < -0.39 is 0 Å². The lowest BCUT2D eigenvalue weighted by molar-refractivity contribution is 0.631. The minimum absolute atomic E-state index is 0.620. The lowest BCUT2D eigenvalue weighted by Gasteiger charge is -2.08. The smallest absolute Gasteiger partial charge is 0.135 e. The Labute approximate surface area is 129 Å². The summed E-state index contributed by atoms with van der Waals surface area (Å²) in [6.45, 7) is 5.36. The van der Waals surface area contributed by atoms with Gasteiger partial charge in [-0.1, -0.05) is 25.4 Å². The molecule has 2 nitrogen and oxygen atoms in total. The number of furan rings is 1. The first-order valence-corrected chi connectivity index (χ1v) is 7.53. The summed E-state index contributed by atoms with van der Waals surface area (Å²) in [6, 6.07) is 16.0. The molecule has 3 aromatic rings. The zero-order valence-corrected chi connectivity index (χ0v) is 12.9. The molecule has 1 N–H and O–H groups in total. The van der Waals surface area contributed by atoms with E-state index in [9.17, 15) is 0 Å². The molecule has 0 saturated carbocycles. The molecule has 2 aromatic carbocycles. The number of rotatable bonds is 4. The average molecular weight is 300 g/mol. The van der Waals surface area contributed by atoms with Crippen molar-refractivity contribution in [3.05, 3.63) is 53.6 Å². The first kappa shape index (κ1) is 14.0. The van der Waals surface area contributed by atoms with Crippen LogP contribution in [0.5, 0.6) is 0 Å². The summed E-state index contributed by atoms with van der Waals surface area (Å²) < 4.78 is 5.90. The van der Waals surface area contributed by atoms with Gasteiger partial charge in [-0.2, -0.15) is 0 Å². The summed E-state index contributed by atoms with van der Waals surface area (Å²) in [4.78, 5) is 0. The molecular weight excluding hydrogens is 282 g/mol. The van der Waals surface area contributed by atoms with Crippen LogP contribution in [0.3, 0.4) is 0 Å². The fraction of sp³-hybridized carbons (Fsp3) is 0.222. The molecule has 0 fully saturated rings. The van der Waals surface area contributed by atoms with Crippen molar-refractivity contribution < 1.29 is 4.42 Å². The number of fused-ring (bicyclic) bond motifs is 1. The highest BCUT2D eigenvalue weighted by Gasteiger charge is 2.07. The highest BCUT2D eigenvalue weighted by atomic mass is 35.5. The van der Waals surface area contributed by atoms with Gasteiger partial charge in [-0.25, -0.2) is 0 Å². The Hall–Kier alpha value is -1.93. The van der Waals surface area contributed by atoms with E-state index >= 15 is 0 Å². The van der Waals surface area contributed by atoms with E-state index in [0.29, 0.717) is 5.92 Å². The molecule has 0 aliphatic rings. The van der Waals surface area contributed by atoms with Gasteiger partial charge in [0.2, 0.25) is 0 Å². The van der Waals surface area contributed by atoms with E-state index in [1.165, 1.54) is 0 Å². The maximum absolute atomic E-state index is 5.92. The zero-order chi connectivity index (χ0) is 14.8. The van der Waals surface area contributed by atoms with E-state index in [4.69, 9.17) is 16.0 Å². The molecule has 0 radical (unpaired) electrons. The van der Waals surface area contributed by atoms with Crippen molar-refractivity contribution >= 4 is 28.3 Å². The van der Waals surface area contributed by atoms with E-state index in [0.717, 1.165) is 39.5 Å². The molecule has 0 saturated heterocycles. The van der Waals surface area contributed by atoms with Crippen molar-refractivity contribution in [3.8, 4) is 11.3 Å². The van der Waals surface area contributed by atoms with Gasteiger partial charge in [0.15, 0.2) is 0 Å². The highest BCUT2D eigenvalue weighted by molar-refractivity contribution is 6.30. The normalized spacial score (nSPS) is 11.2. The number of anilines is 1. The van der Waals surface area contributed by atoms with Crippen LogP contribution in [-0.4, -0.2) is 6.54 Å². The standard InChI is InChI=1S/C18H18ClNO/c1-12(2)11-20-16-7-8-17-14(9-16)10-18(21-17)13-3-5-15(19)6-4-13/h3-10,12,20H,11H2,1-2H3. The molecule has 1 heterocycles. The lowest BCUT2D eigenvalue weighted by Crippen LogP contribution is -2.07. The number of benzene rings is 2. The molecule has 0 aliphatic carbocycles. The van der Waals surface area contributed by atoms with Crippen LogP contribution in [0.4, 0.5) is 5.69 Å². The van der Waals surface area contributed by atoms with Crippen LogP contribution in [0.15, 0.2) is 52.9 Å². The van der Waals surface area contributed by atoms with Gasteiger partial charge < -0.3 is 9.73 Å². The van der Waals surface area contributed by atoms with Gasteiger partial charge in [0.25, 0.3) is 0 Å². The van der Waals surface area contributed by atoms with Crippen LogP contribution in [0.1, 0.15) is 13.8 Å². The Balaban J connectivity index is 1.91. The van der Waals surface area contributed by atoms with Crippen LogP contribution in [0, 0.1) is 5.92 Å². The first-order chi connectivity index (χ1) is 10.1. The molecule has 0 amide bonds. The summed E-state index contributed by atoms with van der Waals surface area (Å²) in [5.74, 6) is 1.48. The third kappa shape index (κ3) is 3.22. The molecule has 0 bridgehead atoms. The molecule has 0 unspecified atom stereocenters. The van der Waals surface area contributed by atoms with Crippen LogP contribution in [0.2, 0.25) is 5.02 Å². The SMILES string of the molecule is CC(C)CNc1ccc2oc(-c3ccc(Cl)cc3)cc2c1. The van der Waals surface area contributed by atoms with Gasteiger partial charge in [0, 0.05) is 28.2 Å². The van der Waals surface area contributed by atoms with Gasteiger partial charge >= 0.3 is 0 Å². The Kier molecular flexibility index (Phi) is 3.89. The third-order valence-electron chi connectivity index (χ3n) is 3.36. The van der Waals surface area contributed by atoms with Crippen LogP contribution >= 0.6 is 11.6 Å². The van der Waals surface area contributed by atoms with Crippen LogP contribution in [0.25, 0.3) is 22.3 Å². The number of halogens is 1. The van der Waals surface area contributed by atoms with Crippen molar-refractivity contribution in [2.75, 3.05) is 11.9 Å². The molecule has 3 heteroatoms. The van der Waals surface area contributed by atoms with Gasteiger partial charge in [-0.05, 0) is 54.4 Å². The van der Waals surface area contributed by atoms with Crippen molar-refractivity contribution in [1.29, 1.82) is 0 Å². The molecular formula is C18H18ClNO. The molecule has 0 aliphatic heterocycles. The minimum atomic E-state index is 0.620. The minimum Gasteiger partial charge on any atom is -0.456 e. The Morgan fingerprint density at radius 3 is 2.52 bits per heavy atom. The number of hydrogen-bond acceptors (Lipinski definition) is 2. The van der Waals surface area contributed by atoms with Crippen molar-refractivity contribution in [2.24, 2.45) is 5.92 Å². The van der Waals surface area contributed by atoms with Gasteiger partial charge in [-0.15, -0.1) is 0 Å². The summed E-state index contributed by atoms with van der Waals surface area (Å²) in [6.07, 6.45) is 0. The second-order valence-electron chi connectivity index (χ2n) is 5.64. The number of nitrogens with one attached hydrogen (secondary N) is 1. The quantitative estimate of drug-likeness (QED) is 0.656. The predicted molar refractivity (Wildman–Crippen MR) is 90.0 cm³/mol. The van der Waals surface area contributed by atoms with Crippen molar-refractivity contribution in [2.45, 2.75) is 13.8 Å². The topological polar surface area (TPSA) is 25.2 Å². The Morgan fingerprint density at radius 1 is 1.05 bits per heavy atom. The number of hydrogen-bond donors (Lipinski definition) is 1. The van der Waals surface area contributed by atoms with Crippen LogP contribution in [-0.2, 0) is 0 Å². The van der Waals surface area contributed by atoms with E-state index in [2.05, 4.69) is 37.4 Å². The Morgan fingerprint density at radius 2 is 1.81 bits per heavy atom. The average Bonchev–Trinajstić information content (AvgIpc) is 2.88. The first-order valence-electron chi connectivity index (χ1n) is 7.15. The monoisotopic (exact) mass is 299 g/mol. The highest BCUT2D eigenvalue weighted by Crippen LogP contribution is 2.30. The summed E-state index contributed by atoms with van der Waals surface area (Å²) in [7, 11) is 0. The van der Waals surface area contributed by atoms with Crippen molar-refractivity contribution in [1.82, 2.24) is 0 Å². The zero-order valence-electron chi connectivity index (χ0n) is 12.2. The molecule has 3 rings (SSSR count). The van der Waals surface area contributed by atoms with Crippen LogP contribution < -0.4 is 5.32 Å². The van der Waals surface area contributed by atoms with Gasteiger partial charge in [0.05, 0.1) is 0 Å². The fourth-order valence-corrected chi connectivity index (χ4v) is 2.36. The molecule has 21 heavy (non-hydrogen) atoms. The largest absolute Gasteiger partial charge is 0.456 e. The van der Waals surface area contributed by atoms with E-state index in [1.54, 1.807) is 0 Å². The van der Waals surface area contributed by atoms with E-state index in [1.807, 2.05) is 30.3 Å². The van der Waals surface area contributed by atoms with E-state index in [-0.39, 0.29) is 0 Å². The van der Waals surface area contributed by atoms with Gasteiger partial charge in [0.1, 0.15) is 11.3 Å². The maximum Gasteiger partial charge on any atom is 0.135 e. The summed E-state index contributed by atoms with van der Waals surface area (Å²) >= 11 is 5.92.